The van der Waals surface area contributed by atoms with E-state index in [1.54, 1.807) is 18.2 Å². The van der Waals surface area contributed by atoms with Crippen LogP contribution >= 0.6 is 23.2 Å². The normalized spacial score (nSPS) is 12.4. The first-order chi connectivity index (χ1) is 10.0. The molecule has 2 aromatic rings. The Labute approximate surface area is 132 Å². The molecular weight excluding hydrogens is 315 g/mol. The summed E-state index contributed by atoms with van der Waals surface area (Å²) in [5, 5.41) is 4.13. The van der Waals surface area contributed by atoms with E-state index in [1.165, 1.54) is 6.07 Å². The van der Waals surface area contributed by atoms with Crippen molar-refractivity contribution in [3.05, 3.63) is 69.2 Å². The minimum absolute atomic E-state index is 0.341. The number of nitrogens with one attached hydrogen (secondary N) is 1. The Hall–Kier alpha value is -1.16. The number of benzene rings is 2. The van der Waals surface area contributed by atoms with Gasteiger partial charge >= 0.3 is 0 Å². The summed E-state index contributed by atoms with van der Waals surface area (Å²) in [7, 11) is 0. The Morgan fingerprint density at radius 1 is 1.10 bits per heavy atom. The molecule has 2 aromatic carbocycles. The second-order valence-electron chi connectivity index (χ2n) is 4.70. The lowest BCUT2D eigenvalue weighted by Gasteiger charge is -2.21. The van der Waals surface area contributed by atoms with E-state index >= 15 is 0 Å². The summed E-state index contributed by atoms with van der Waals surface area (Å²) in [6.07, 6.45) is 0.901. The van der Waals surface area contributed by atoms with Crippen molar-refractivity contribution in [3.63, 3.8) is 0 Å². The predicted octanol–water partition coefficient (Wildman–Crippen LogP) is 5.36. The average Bonchev–Trinajstić information content (AvgIpc) is 2.47. The number of hydrogen-bond donors (Lipinski definition) is 1. The van der Waals surface area contributed by atoms with Crippen LogP contribution in [0.5, 0.6) is 0 Å². The molecule has 0 spiro atoms. The molecule has 5 heteroatoms. The highest BCUT2D eigenvalue weighted by atomic mass is 35.5. The molecule has 0 fully saturated rings. The third-order valence-corrected chi connectivity index (χ3v) is 4.00. The molecule has 21 heavy (non-hydrogen) atoms. The van der Waals surface area contributed by atoms with Crippen LogP contribution in [0.15, 0.2) is 36.4 Å². The van der Waals surface area contributed by atoms with Gasteiger partial charge in [-0.2, -0.15) is 0 Å². The van der Waals surface area contributed by atoms with Gasteiger partial charge in [0.1, 0.15) is 0 Å². The standard InChI is InChI=1S/C16H15Cl2F2N/c1-2-8-21-16(10-6-7-13(19)14(20)9-10)11-4-3-5-12(17)15(11)18/h3-7,9,16,21H,2,8H2,1H3. The first-order valence-corrected chi connectivity index (χ1v) is 7.42. The molecule has 0 aliphatic carbocycles. The quantitative estimate of drug-likeness (QED) is 0.778. The molecule has 2 rings (SSSR count). The maximum absolute atomic E-state index is 13.5. The maximum Gasteiger partial charge on any atom is 0.159 e. The summed E-state index contributed by atoms with van der Waals surface area (Å²) in [5.74, 6) is -1.75. The topological polar surface area (TPSA) is 12.0 Å². The van der Waals surface area contributed by atoms with Crippen LogP contribution in [0.4, 0.5) is 8.78 Å². The molecule has 112 valence electrons. The van der Waals surface area contributed by atoms with E-state index in [-0.39, 0.29) is 6.04 Å². The molecule has 0 bridgehead atoms. The van der Waals surface area contributed by atoms with E-state index in [9.17, 15) is 8.78 Å². The van der Waals surface area contributed by atoms with E-state index in [1.807, 2.05) is 13.0 Å². The molecule has 0 heterocycles. The lowest BCUT2D eigenvalue weighted by Crippen LogP contribution is -2.23. The Kier molecular flexibility index (Phi) is 5.57. The van der Waals surface area contributed by atoms with Crippen LogP contribution in [0, 0.1) is 11.6 Å². The second kappa shape index (κ2) is 7.21. The summed E-state index contributed by atoms with van der Waals surface area (Å²) in [4.78, 5) is 0. The summed E-state index contributed by atoms with van der Waals surface area (Å²) >= 11 is 12.3. The average molecular weight is 330 g/mol. The van der Waals surface area contributed by atoms with Gasteiger partial charge in [-0.25, -0.2) is 8.78 Å². The fourth-order valence-corrected chi connectivity index (χ4v) is 2.55. The van der Waals surface area contributed by atoms with Crippen molar-refractivity contribution in [1.29, 1.82) is 0 Å². The van der Waals surface area contributed by atoms with Crippen molar-refractivity contribution in [1.82, 2.24) is 5.32 Å². The van der Waals surface area contributed by atoms with Crippen molar-refractivity contribution >= 4 is 23.2 Å². The van der Waals surface area contributed by atoms with E-state index < -0.39 is 11.6 Å². The third kappa shape index (κ3) is 3.73. The van der Waals surface area contributed by atoms with Crippen LogP contribution in [0.3, 0.4) is 0 Å². The summed E-state index contributed by atoms with van der Waals surface area (Å²) in [6.45, 7) is 2.74. The van der Waals surface area contributed by atoms with Gasteiger partial charge < -0.3 is 5.32 Å². The smallest absolute Gasteiger partial charge is 0.159 e. The van der Waals surface area contributed by atoms with Crippen LogP contribution in [0.2, 0.25) is 10.0 Å². The van der Waals surface area contributed by atoms with Crippen LogP contribution < -0.4 is 5.32 Å². The molecule has 1 nitrogen and oxygen atoms in total. The van der Waals surface area contributed by atoms with E-state index in [0.717, 1.165) is 18.1 Å². The van der Waals surface area contributed by atoms with Crippen molar-refractivity contribution in [2.24, 2.45) is 0 Å². The minimum Gasteiger partial charge on any atom is -0.306 e. The highest BCUT2D eigenvalue weighted by Gasteiger charge is 2.19. The minimum atomic E-state index is -0.881. The molecule has 0 amide bonds. The van der Waals surface area contributed by atoms with E-state index in [0.29, 0.717) is 22.2 Å². The molecule has 0 aliphatic rings. The zero-order valence-electron chi connectivity index (χ0n) is 11.5. The van der Waals surface area contributed by atoms with Crippen molar-refractivity contribution < 1.29 is 8.78 Å². The molecule has 1 atom stereocenters. The first kappa shape index (κ1) is 16.2. The molecule has 0 aromatic heterocycles. The first-order valence-electron chi connectivity index (χ1n) is 6.66. The van der Waals surface area contributed by atoms with E-state index in [2.05, 4.69) is 5.32 Å². The lowest BCUT2D eigenvalue weighted by atomic mass is 9.98. The van der Waals surface area contributed by atoms with Crippen molar-refractivity contribution in [2.75, 3.05) is 6.54 Å². The molecule has 0 aliphatic heterocycles. The number of halogens is 4. The van der Waals surface area contributed by atoms with Crippen LogP contribution in [-0.4, -0.2) is 6.54 Å². The summed E-state index contributed by atoms with van der Waals surface area (Å²) in [5.41, 5.74) is 1.34. The fourth-order valence-electron chi connectivity index (χ4n) is 2.13. The second-order valence-corrected chi connectivity index (χ2v) is 5.49. The molecule has 0 radical (unpaired) electrons. The van der Waals surface area contributed by atoms with Crippen molar-refractivity contribution in [2.45, 2.75) is 19.4 Å². The number of rotatable bonds is 5. The highest BCUT2D eigenvalue weighted by molar-refractivity contribution is 6.42. The van der Waals surface area contributed by atoms with Crippen LogP contribution in [-0.2, 0) is 0 Å². The van der Waals surface area contributed by atoms with Gasteiger partial charge in [-0.3, -0.25) is 0 Å². The van der Waals surface area contributed by atoms with Gasteiger partial charge in [0.15, 0.2) is 11.6 Å². The molecule has 1 unspecified atom stereocenters. The van der Waals surface area contributed by atoms with Gasteiger partial charge in [-0.1, -0.05) is 48.3 Å². The van der Waals surface area contributed by atoms with E-state index in [4.69, 9.17) is 23.2 Å². The molecule has 1 N–H and O–H groups in total. The molecule has 0 saturated carbocycles. The van der Waals surface area contributed by atoms with Gasteiger partial charge in [-0.15, -0.1) is 0 Å². The number of hydrogen-bond acceptors (Lipinski definition) is 1. The Morgan fingerprint density at radius 2 is 1.86 bits per heavy atom. The largest absolute Gasteiger partial charge is 0.306 e. The Bertz CT molecular complexity index is 632. The highest BCUT2D eigenvalue weighted by Crippen LogP contribution is 2.33. The Morgan fingerprint density at radius 3 is 2.52 bits per heavy atom. The van der Waals surface area contributed by atoms with Crippen LogP contribution in [0.1, 0.15) is 30.5 Å². The summed E-state index contributed by atoms with van der Waals surface area (Å²) < 4.78 is 26.6. The summed E-state index contributed by atoms with van der Waals surface area (Å²) in [6, 6.07) is 8.79. The zero-order chi connectivity index (χ0) is 15.4. The monoisotopic (exact) mass is 329 g/mol. The predicted molar refractivity (Wildman–Crippen MR) is 83.0 cm³/mol. The molecular formula is C16H15Cl2F2N. The van der Waals surface area contributed by atoms with Gasteiger partial charge in [0.2, 0.25) is 0 Å². The fraction of sp³-hybridized carbons (Fsp3) is 0.250. The third-order valence-electron chi connectivity index (χ3n) is 3.17. The lowest BCUT2D eigenvalue weighted by molar-refractivity contribution is 0.503. The van der Waals surface area contributed by atoms with Gasteiger partial charge in [0.05, 0.1) is 16.1 Å². The Balaban J connectivity index is 2.47. The maximum atomic E-state index is 13.5. The zero-order valence-corrected chi connectivity index (χ0v) is 13.0. The molecule has 0 saturated heterocycles. The SMILES string of the molecule is CCCNC(c1ccc(F)c(F)c1)c1cccc(Cl)c1Cl. The van der Waals surface area contributed by atoms with Gasteiger partial charge in [0, 0.05) is 0 Å². The van der Waals surface area contributed by atoms with Crippen LogP contribution in [0.25, 0.3) is 0 Å². The van der Waals surface area contributed by atoms with Gasteiger partial charge in [0.25, 0.3) is 0 Å². The van der Waals surface area contributed by atoms with Crippen molar-refractivity contribution in [3.8, 4) is 0 Å². The van der Waals surface area contributed by atoms with Gasteiger partial charge in [-0.05, 0) is 42.3 Å².